The van der Waals surface area contributed by atoms with E-state index in [9.17, 15) is 14.4 Å². The second-order valence-corrected chi connectivity index (χ2v) is 9.93. The quantitative estimate of drug-likeness (QED) is 0.293. The number of amides is 3. The van der Waals surface area contributed by atoms with Crippen molar-refractivity contribution >= 4 is 34.9 Å². The summed E-state index contributed by atoms with van der Waals surface area (Å²) in [6, 6.07) is 13.3. The van der Waals surface area contributed by atoms with Gasteiger partial charge in [-0.3, -0.25) is 9.59 Å². The molecule has 1 saturated heterocycles. The molecule has 3 aromatic rings. The zero-order chi connectivity index (χ0) is 30.1. The third-order valence-electron chi connectivity index (χ3n) is 6.43. The SMILES string of the molecule is CCOc1c(C(C)=O)nc(-c2ccc(NC(=O)Nc3ccc(C(=O)NCCN(C)C)cc3)cc2)nc1N1CCOCC1. The summed E-state index contributed by atoms with van der Waals surface area (Å²) in [4.78, 5) is 50.7. The van der Waals surface area contributed by atoms with Crippen LogP contribution in [-0.4, -0.2) is 92.7 Å². The Morgan fingerprint density at radius 3 is 2.14 bits per heavy atom. The number of hydrogen-bond donors (Lipinski definition) is 3. The van der Waals surface area contributed by atoms with Crippen molar-refractivity contribution in [3.8, 4) is 17.1 Å². The summed E-state index contributed by atoms with van der Waals surface area (Å²) in [6.07, 6.45) is 0. The molecule has 2 aromatic carbocycles. The van der Waals surface area contributed by atoms with Crippen molar-refractivity contribution in [2.75, 3.05) is 75.6 Å². The number of aromatic nitrogens is 2. The van der Waals surface area contributed by atoms with Gasteiger partial charge in [-0.2, -0.15) is 0 Å². The number of ketones is 1. The highest BCUT2D eigenvalue weighted by Crippen LogP contribution is 2.33. The zero-order valence-electron chi connectivity index (χ0n) is 24.4. The van der Waals surface area contributed by atoms with Crippen molar-refractivity contribution in [3.63, 3.8) is 0 Å². The minimum atomic E-state index is -0.434. The number of ether oxygens (including phenoxy) is 2. The lowest BCUT2D eigenvalue weighted by Gasteiger charge is -2.29. The molecule has 12 nitrogen and oxygen atoms in total. The predicted octanol–water partition coefficient (Wildman–Crippen LogP) is 3.52. The van der Waals surface area contributed by atoms with Crippen molar-refractivity contribution in [1.82, 2.24) is 20.2 Å². The molecule has 2 heterocycles. The van der Waals surface area contributed by atoms with Crippen molar-refractivity contribution in [1.29, 1.82) is 0 Å². The van der Waals surface area contributed by atoms with Gasteiger partial charge in [0.1, 0.15) is 0 Å². The normalized spacial score (nSPS) is 13.0. The number of morpholine rings is 1. The fraction of sp³-hybridized carbons (Fsp3) is 0.367. The first-order chi connectivity index (χ1) is 20.2. The molecule has 42 heavy (non-hydrogen) atoms. The topological polar surface area (TPSA) is 138 Å². The summed E-state index contributed by atoms with van der Waals surface area (Å²) in [5, 5.41) is 8.41. The molecule has 0 atom stereocenters. The van der Waals surface area contributed by atoms with Gasteiger partial charge in [0, 0.05) is 55.6 Å². The van der Waals surface area contributed by atoms with Gasteiger partial charge in [-0.05, 0) is 69.6 Å². The molecular formula is C30H37N7O5. The Morgan fingerprint density at radius 2 is 1.57 bits per heavy atom. The monoisotopic (exact) mass is 575 g/mol. The number of carbonyl (C=O) groups is 3. The van der Waals surface area contributed by atoms with E-state index in [1.165, 1.54) is 6.92 Å². The van der Waals surface area contributed by atoms with Crippen LogP contribution in [-0.2, 0) is 4.74 Å². The van der Waals surface area contributed by atoms with Gasteiger partial charge in [0.2, 0.25) is 0 Å². The minimum Gasteiger partial charge on any atom is -0.488 e. The van der Waals surface area contributed by atoms with Gasteiger partial charge in [-0.25, -0.2) is 14.8 Å². The molecule has 12 heteroatoms. The summed E-state index contributed by atoms with van der Waals surface area (Å²) in [6.45, 7) is 7.33. The Balaban J connectivity index is 1.43. The van der Waals surface area contributed by atoms with Gasteiger partial charge in [0.15, 0.2) is 28.9 Å². The largest absolute Gasteiger partial charge is 0.488 e. The number of rotatable bonds is 11. The Bertz CT molecular complexity index is 1390. The number of anilines is 3. The maximum Gasteiger partial charge on any atom is 0.323 e. The Hall–Kier alpha value is -4.55. The van der Waals surface area contributed by atoms with Gasteiger partial charge in [0.25, 0.3) is 5.91 Å². The van der Waals surface area contributed by atoms with E-state index >= 15 is 0 Å². The molecule has 222 valence electrons. The van der Waals surface area contributed by atoms with Crippen LogP contribution in [0.15, 0.2) is 48.5 Å². The predicted molar refractivity (Wildman–Crippen MR) is 162 cm³/mol. The molecule has 0 aliphatic carbocycles. The Morgan fingerprint density at radius 1 is 0.952 bits per heavy atom. The lowest BCUT2D eigenvalue weighted by molar-refractivity contribution is 0.0949. The molecule has 0 saturated carbocycles. The first kappa shape index (κ1) is 30.4. The summed E-state index contributed by atoms with van der Waals surface area (Å²) < 4.78 is 11.3. The van der Waals surface area contributed by atoms with Crippen molar-refractivity contribution in [2.24, 2.45) is 0 Å². The maximum atomic E-state index is 12.6. The van der Waals surface area contributed by atoms with E-state index in [2.05, 4.69) is 20.9 Å². The number of carbonyl (C=O) groups excluding carboxylic acids is 3. The molecule has 1 aliphatic rings. The number of benzene rings is 2. The molecule has 1 aliphatic heterocycles. The summed E-state index contributed by atoms with van der Waals surface area (Å²) in [5.41, 5.74) is 2.52. The van der Waals surface area contributed by atoms with Crippen LogP contribution in [0.25, 0.3) is 11.4 Å². The molecule has 0 radical (unpaired) electrons. The van der Waals surface area contributed by atoms with Crippen LogP contribution in [0.1, 0.15) is 34.7 Å². The molecule has 4 rings (SSSR count). The Kier molecular flexibility index (Phi) is 10.4. The molecule has 0 bridgehead atoms. The molecule has 0 spiro atoms. The van der Waals surface area contributed by atoms with Crippen molar-refractivity contribution < 1.29 is 23.9 Å². The first-order valence-corrected chi connectivity index (χ1v) is 13.8. The number of nitrogens with zero attached hydrogens (tertiary/aromatic N) is 4. The van der Waals surface area contributed by atoms with Gasteiger partial charge in [-0.15, -0.1) is 0 Å². The van der Waals surface area contributed by atoms with E-state index < -0.39 is 6.03 Å². The highest BCUT2D eigenvalue weighted by Gasteiger charge is 2.25. The van der Waals surface area contributed by atoms with Gasteiger partial charge >= 0.3 is 6.03 Å². The first-order valence-electron chi connectivity index (χ1n) is 13.8. The number of nitrogens with one attached hydrogen (secondary N) is 3. The van der Waals surface area contributed by atoms with Crippen LogP contribution in [0.5, 0.6) is 5.75 Å². The Labute approximate surface area is 245 Å². The van der Waals surface area contributed by atoms with E-state index in [1.54, 1.807) is 48.5 Å². The fourth-order valence-corrected chi connectivity index (χ4v) is 4.27. The van der Waals surface area contributed by atoms with Crippen LogP contribution in [0, 0.1) is 0 Å². The average molecular weight is 576 g/mol. The number of urea groups is 1. The van der Waals surface area contributed by atoms with E-state index in [0.717, 1.165) is 6.54 Å². The molecule has 1 fully saturated rings. The van der Waals surface area contributed by atoms with Crippen LogP contribution >= 0.6 is 0 Å². The number of hydrogen-bond acceptors (Lipinski definition) is 9. The number of likely N-dealkylation sites (N-methyl/N-ethyl adjacent to an activating group) is 1. The smallest absolute Gasteiger partial charge is 0.323 e. The molecule has 0 unspecified atom stereocenters. The molecule has 1 aromatic heterocycles. The van der Waals surface area contributed by atoms with E-state index in [1.807, 2.05) is 30.8 Å². The summed E-state index contributed by atoms with van der Waals surface area (Å²) >= 11 is 0. The van der Waals surface area contributed by atoms with Crippen LogP contribution in [0.4, 0.5) is 22.0 Å². The summed E-state index contributed by atoms with van der Waals surface area (Å²) in [5.74, 6) is 0.936. The van der Waals surface area contributed by atoms with Crippen LogP contribution < -0.4 is 25.6 Å². The molecule has 3 amide bonds. The van der Waals surface area contributed by atoms with Crippen LogP contribution in [0.2, 0.25) is 0 Å². The second kappa shape index (κ2) is 14.4. The third kappa shape index (κ3) is 8.02. The highest BCUT2D eigenvalue weighted by atomic mass is 16.5. The second-order valence-electron chi connectivity index (χ2n) is 9.93. The van der Waals surface area contributed by atoms with E-state index in [-0.39, 0.29) is 17.4 Å². The standard InChI is InChI=1S/C30H37N7O5/c1-5-42-26-25(20(2)38)34-27(35-28(26)37-16-18-41-19-17-37)21-6-10-23(11-7-21)32-30(40)33-24-12-8-22(9-13-24)29(39)31-14-15-36(3)4/h6-13H,5,14-19H2,1-4H3,(H,31,39)(H2,32,33,40). The third-order valence-corrected chi connectivity index (χ3v) is 6.43. The van der Waals surface area contributed by atoms with Crippen molar-refractivity contribution in [3.05, 3.63) is 59.8 Å². The molecular weight excluding hydrogens is 538 g/mol. The zero-order valence-corrected chi connectivity index (χ0v) is 24.4. The van der Waals surface area contributed by atoms with Gasteiger partial charge in [0.05, 0.1) is 19.8 Å². The van der Waals surface area contributed by atoms with Crippen LogP contribution in [0.3, 0.4) is 0 Å². The maximum absolute atomic E-state index is 12.6. The minimum absolute atomic E-state index is 0.170. The number of Topliss-reactive ketones (excluding diaryl/α,β-unsaturated/α-hetero) is 1. The van der Waals surface area contributed by atoms with E-state index in [4.69, 9.17) is 14.5 Å². The van der Waals surface area contributed by atoms with E-state index in [0.29, 0.717) is 79.3 Å². The van der Waals surface area contributed by atoms with Crippen molar-refractivity contribution in [2.45, 2.75) is 13.8 Å². The summed E-state index contributed by atoms with van der Waals surface area (Å²) in [7, 11) is 3.88. The highest BCUT2D eigenvalue weighted by molar-refractivity contribution is 6.01. The average Bonchev–Trinajstić information content (AvgIpc) is 2.98. The lowest BCUT2D eigenvalue weighted by atomic mass is 10.1. The van der Waals surface area contributed by atoms with Gasteiger partial charge < -0.3 is 35.2 Å². The van der Waals surface area contributed by atoms with Gasteiger partial charge in [-0.1, -0.05) is 0 Å². The fourth-order valence-electron chi connectivity index (χ4n) is 4.27. The lowest BCUT2D eigenvalue weighted by Crippen LogP contribution is -2.37. The molecule has 3 N–H and O–H groups in total.